The molecule has 6 heteroatoms. The Morgan fingerprint density at radius 3 is 2.94 bits per heavy atom. The lowest BCUT2D eigenvalue weighted by molar-refractivity contribution is 0.224. The molecule has 0 saturated carbocycles. The molecule has 0 amide bonds. The molecule has 4 nitrogen and oxygen atoms in total. The molecule has 1 N–H and O–H groups in total. The zero-order valence-electron chi connectivity index (χ0n) is 9.78. The lowest BCUT2D eigenvalue weighted by Crippen LogP contribution is -2.38. The molecule has 1 aliphatic heterocycles. The molecule has 96 valence electrons. The Hall–Kier alpha value is -0.580. The number of aromatic nitrogens is 2. The number of rotatable bonds is 3. The number of aryl methyl sites for hydroxylation is 1. The molecule has 1 atom stereocenters. The van der Waals surface area contributed by atoms with Crippen molar-refractivity contribution in [3.63, 3.8) is 0 Å². The highest BCUT2D eigenvalue weighted by Gasteiger charge is 2.13. The van der Waals surface area contributed by atoms with Crippen LogP contribution in [0.3, 0.4) is 0 Å². The molecular weight excluding hydrogens is 261 g/mol. The number of halogens is 2. The third kappa shape index (κ3) is 4.66. The lowest BCUT2D eigenvalue weighted by atomic mass is 10.1. The van der Waals surface area contributed by atoms with Crippen molar-refractivity contribution in [2.45, 2.75) is 32.2 Å². The lowest BCUT2D eigenvalue weighted by Gasteiger charge is -2.22. The Labute approximate surface area is 113 Å². The van der Waals surface area contributed by atoms with E-state index in [4.69, 9.17) is 16.3 Å². The number of hydrogen-bond acceptors (Lipinski definition) is 4. The molecule has 1 saturated heterocycles. The van der Waals surface area contributed by atoms with Crippen molar-refractivity contribution in [2.75, 3.05) is 13.2 Å². The summed E-state index contributed by atoms with van der Waals surface area (Å²) in [6.07, 6.45) is 3.67. The fraction of sp³-hybridized carbons (Fsp3) is 0.636. The number of nitrogens with one attached hydrogen (secondary N) is 1. The Balaban J connectivity index is 0.00000144. The van der Waals surface area contributed by atoms with Crippen LogP contribution in [0.2, 0.25) is 5.15 Å². The van der Waals surface area contributed by atoms with Crippen LogP contribution >= 0.6 is 24.0 Å². The minimum atomic E-state index is 0. The maximum Gasteiger partial charge on any atom is 0.318 e. The van der Waals surface area contributed by atoms with Gasteiger partial charge in [-0.05, 0) is 32.4 Å². The first kappa shape index (κ1) is 14.5. The largest absolute Gasteiger partial charge is 0.462 e. The van der Waals surface area contributed by atoms with E-state index in [-0.39, 0.29) is 12.4 Å². The van der Waals surface area contributed by atoms with E-state index in [2.05, 4.69) is 15.3 Å². The van der Waals surface area contributed by atoms with Crippen LogP contribution in [0.1, 0.15) is 25.0 Å². The SMILES string of the molecule is Cc1cc(Cl)nc(OCC2CCCCN2)n1.Cl. The number of hydrogen-bond donors (Lipinski definition) is 1. The summed E-state index contributed by atoms with van der Waals surface area (Å²) >= 11 is 5.82. The maximum atomic E-state index is 5.82. The smallest absolute Gasteiger partial charge is 0.318 e. The molecule has 0 aromatic carbocycles. The van der Waals surface area contributed by atoms with Crippen LogP contribution in [0, 0.1) is 6.92 Å². The van der Waals surface area contributed by atoms with Gasteiger partial charge in [0.05, 0.1) is 0 Å². The van der Waals surface area contributed by atoms with Crippen LogP contribution in [0.25, 0.3) is 0 Å². The number of ether oxygens (including phenoxy) is 1. The van der Waals surface area contributed by atoms with E-state index in [1.807, 2.05) is 6.92 Å². The minimum Gasteiger partial charge on any atom is -0.462 e. The molecule has 1 fully saturated rings. The summed E-state index contributed by atoms with van der Waals surface area (Å²) in [6.45, 7) is 3.56. The van der Waals surface area contributed by atoms with E-state index < -0.39 is 0 Å². The van der Waals surface area contributed by atoms with Crippen LogP contribution in [0.5, 0.6) is 6.01 Å². The van der Waals surface area contributed by atoms with E-state index in [0.29, 0.717) is 23.8 Å². The van der Waals surface area contributed by atoms with Crippen LogP contribution in [0.4, 0.5) is 0 Å². The summed E-state index contributed by atoms with van der Waals surface area (Å²) < 4.78 is 5.54. The van der Waals surface area contributed by atoms with E-state index in [1.165, 1.54) is 12.8 Å². The van der Waals surface area contributed by atoms with Gasteiger partial charge in [-0.3, -0.25) is 0 Å². The Morgan fingerprint density at radius 1 is 1.47 bits per heavy atom. The van der Waals surface area contributed by atoms with E-state index >= 15 is 0 Å². The maximum absolute atomic E-state index is 5.82. The summed E-state index contributed by atoms with van der Waals surface area (Å²) in [5.74, 6) is 0. The van der Waals surface area contributed by atoms with Gasteiger partial charge in [0.1, 0.15) is 11.8 Å². The predicted molar refractivity (Wildman–Crippen MR) is 70.2 cm³/mol. The van der Waals surface area contributed by atoms with Gasteiger partial charge in [0.15, 0.2) is 0 Å². The van der Waals surface area contributed by atoms with Gasteiger partial charge in [-0.2, -0.15) is 4.98 Å². The molecule has 0 radical (unpaired) electrons. The molecule has 2 heterocycles. The van der Waals surface area contributed by atoms with Gasteiger partial charge < -0.3 is 10.1 Å². The van der Waals surface area contributed by atoms with Gasteiger partial charge in [-0.1, -0.05) is 18.0 Å². The van der Waals surface area contributed by atoms with Gasteiger partial charge in [0.2, 0.25) is 0 Å². The van der Waals surface area contributed by atoms with Crippen molar-refractivity contribution in [1.82, 2.24) is 15.3 Å². The van der Waals surface area contributed by atoms with Crippen molar-refractivity contribution in [3.8, 4) is 6.01 Å². The first-order valence-corrected chi connectivity index (χ1v) is 5.99. The van der Waals surface area contributed by atoms with E-state index in [0.717, 1.165) is 18.7 Å². The van der Waals surface area contributed by atoms with Crippen LogP contribution in [-0.2, 0) is 0 Å². The Bertz CT molecular complexity index is 336. The Morgan fingerprint density at radius 2 is 2.29 bits per heavy atom. The minimum absolute atomic E-state index is 0. The second-order valence-electron chi connectivity index (χ2n) is 4.07. The molecule has 17 heavy (non-hydrogen) atoms. The van der Waals surface area contributed by atoms with Crippen molar-refractivity contribution in [2.24, 2.45) is 0 Å². The van der Waals surface area contributed by atoms with Gasteiger partial charge in [-0.25, -0.2) is 4.98 Å². The average Bonchev–Trinajstić information content (AvgIpc) is 2.27. The van der Waals surface area contributed by atoms with Crippen molar-refractivity contribution in [1.29, 1.82) is 0 Å². The zero-order valence-corrected chi connectivity index (χ0v) is 11.4. The van der Waals surface area contributed by atoms with E-state index in [9.17, 15) is 0 Å². The second-order valence-corrected chi connectivity index (χ2v) is 4.46. The normalized spacial score (nSPS) is 19.5. The third-order valence-electron chi connectivity index (χ3n) is 2.63. The quantitative estimate of drug-likeness (QED) is 0.862. The van der Waals surface area contributed by atoms with E-state index in [1.54, 1.807) is 6.07 Å². The topological polar surface area (TPSA) is 47.0 Å². The molecule has 2 rings (SSSR count). The van der Waals surface area contributed by atoms with Crippen LogP contribution in [-0.4, -0.2) is 29.2 Å². The molecule has 1 aliphatic rings. The molecule has 1 aromatic heterocycles. The summed E-state index contributed by atoms with van der Waals surface area (Å²) in [7, 11) is 0. The highest BCUT2D eigenvalue weighted by Crippen LogP contribution is 2.13. The van der Waals surface area contributed by atoms with Gasteiger partial charge in [-0.15, -0.1) is 12.4 Å². The standard InChI is InChI=1S/C11H16ClN3O.ClH/c1-8-6-10(12)15-11(14-8)16-7-9-4-2-3-5-13-9;/h6,9,13H,2-5,7H2,1H3;1H. The second kappa shape index (κ2) is 6.99. The Kier molecular flexibility index (Phi) is 5.95. The molecule has 1 unspecified atom stereocenters. The fourth-order valence-electron chi connectivity index (χ4n) is 1.81. The monoisotopic (exact) mass is 277 g/mol. The van der Waals surface area contributed by atoms with Crippen molar-refractivity contribution < 1.29 is 4.74 Å². The van der Waals surface area contributed by atoms with Crippen molar-refractivity contribution >= 4 is 24.0 Å². The molecule has 0 spiro atoms. The van der Waals surface area contributed by atoms with Crippen LogP contribution in [0.15, 0.2) is 6.07 Å². The van der Waals surface area contributed by atoms with Gasteiger partial charge in [0.25, 0.3) is 0 Å². The molecular formula is C11H17Cl2N3O. The van der Waals surface area contributed by atoms with Gasteiger partial charge in [0, 0.05) is 11.7 Å². The predicted octanol–water partition coefficient (Wildman–Crippen LogP) is 2.38. The average molecular weight is 278 g/mol. The first-order chi connectivity index (χ1) is 7.74. The summed E-state index contributed by atoms with van der Waals surface area (Å²) in [5, 5.41) is 3.83. The first-order valence-electron chi connectivity index (χ1n) is 5.61. The van der Waals surface area contributed by atoms with Crippen molar-refractivity contribution in [3.05, 3.63) is 16.9 Å². The van der Waals surface area contributed by atoms with Crippen LogP contribution < -0.4 is 10.1 Å². The molecule has 0 aliphatic carbocycles. The number of nitrogens with zero attached hydrogens (tertiary/aromatic N) is 2. The summed E-state index contributed by atoms with van der Waals surface area (Å²) in [5.41, 5.74) is 0.826. The third-order valence-corrected chi connectivity index (χ3v) is 2.82. The highest BCUT2D eigenvalue weighted by molar-refractivity contribution is 6.29. The number of piperidine rings is 1. The summed E-state index contributed by atoms with van der Waals surface area (Å²) in [4.78, 5) is 8.20. The molecule has 0 bridgehead atoms. The van der Waals surface area contributed by atoms with Gasteiger partial charge >= 0.3 is 6.01 Å². The summed E-state index contributed by atoms with van der Waals surface area (Å²) in [6, 6.07) is 2.50. The zero-order chi connectivity index (χ0) is 11.4. The highest BCUT2D eigenvalue weighted by atomic mass is 35.5. The molecule has 1 aromatic rings. The fourth-order valence-corrected chi connectivity index (χ4v) is 2.04.